The van der Waals surface area contributed by atoms with Crippen LogP contribution in [0.1, 0.15) is 64.7 Å². The highest BCUT2D eigenvalue weighted by molar-refractivity contribution is 5.36. The standard InChI is InChI=1S/C20H27F3N2O4/c1-2-3-4-5-6-7-8-9-10-15-27-18-24-25(19(26)28-18)16-11-13-17(14-12-16)29-20(21,22)23/h11-14H,2-10,15H2,1H3. The highest BCUT2D eigenvalue weighted by Gasteiger charge is 2.31. The summed E-state index contributed by atoms with van der Waals surface area (Å²) >= 11 is 0. The van der Waals surface area contributed by atoms with Gasteiger partial charge in [-0.25, -0.2) is 4.79 Å². The molecule has 1 heterocycles. The van der Waals surface area contributed by atoms with E-state index >= 15 is 0 Å². The average Bonchev–Trinajstić information content (AvgIpc) is 3.03. The van der Waals surface area contributed by atoms with Crippen LogP contribution in [0.4, 0.5) is 13.2 Å². The van der Waals surface area contributed by atoms with Crippen molar-refractivity contribution in [3.05, 3.63) is 34.8 Å². The molecule has 6 nitrogen and oxygen atoms in total. The summed E-state index contributed by atoms with van der Waals surface area (Å²) in [6, 6.07) is 4.73. The van der Waals surface area contributed by atoms with Crippen LogP contribution >= 0.6 is 0 Å². The fraction of sp³-hybridized carbons (Fsp3) is 0.600. The van der Waals surface area contributed by atoms with Gasteiger partial charge in [-0.1, -0.05) is 63.4 Å². The van der Waals surface area contributed by atoms with Crippen LogP contribution in [0, 0.1) is 0 Å². The van der Waals surface area contributed by atoms with E-state index in [1.807, 2.05) is 0 Å². The van der Waals surface area contributed by atoms with Gasteiger partial charge in [-0.05, 0) is 30.7 Å². The number of unbranched alkanes of at least 4 members (excludes halogenated alkanes) is 8. The van der Waals surface area contributed by atoms with Crippen molar-refractivity contribution < 1.29 is 27.1 Å². The zero-order chi connectivity index (χ0) is 21.1. The number of nitrogens with zero attached hydrogens (tertiary/aromatic N) is 2. The first kappa shape index (κ1) is 22.8. The Morgan fingerprint density at radius 2 is 1.55 bits per heavy atom. The number of ether oxygens (including phenoxy) is 2. The molecule has 1 aromatic heterocycles. The first-order chi connectivity index (χ1) is 13.9. The van der Waals surface area contributed by atoms with Crippen LogP contribution < -0.4 is 15.2 Å². The van der Waals surface area contributed by atoms with Crippen LogP contribution in [0.3, 0.4) is 0 Å². The largest absolute Gasteiger partial charge is 0.573 e. The van der Waals surface area contributed by atoms with Gasteiger partial charge in [0.05, 0.1) is 12.3 Å². The molecule has 0 amide bonds. The summed E-state index contributed by atoms with van der Waals surface area (Å²) < 4.78 is 51.6. The van der Waals surface area contributed by atoms with E-state index in [1.165, 1.54) is 50.7 Å². The Labute approximate surface area is 167 Å². The van der Waals surface area contributed by atoms with Crippen LogP contribution in [0.25, 0.3) is 5.69 Å². The van der Waals surface area contributed by atoms with Crippen molar-refractivity contribution in [1.29, 1.82) is 0 Å². The minimum Gasteiger partial charge on any atom is -0.449 e. The van der Waals surface area contributed by atoms with Gasteiger partial charge in [0.15, 0.2) is 0 Å². The number of benzene rings is 1. The number of rotatable bonds is 13. The monoisotopic (exact) mass is 416 g/mol. The molecule has 0 aliphatic rings. The van der Waals surface area contributed by atoms with Crippen molar-refractivity contribution in [3.63, 3.8) is 0 Å². The third kappa shape index (κ3) is 8.62. The molecule has 0 unspecified atom stereocenters. The number of halogens is 3. The topological polar surface area (TPSA) is 66.5 Å². The lowest BCUT2D eigenvalue weighted by atomic mass is 10.1. The smallest absolute Gasteiger partial charge is 0.449 e. The molecule has 0 fully saturated rings. The molecule has 0 bridgehead atoms. The van der Waals surface area contributed by atoms with Gasteiger partial charge in [0.2, 0.25) is 0 Å². The molecule has 0 aliphatic heterocycles. The Morgan fingerprint density at radius 1 is 0.966 bits per heavy atom. The second-order valence-electron chi connectivity index (χ2n) is 6.76. The number of alkyl halides is 3. The molecule has 0 radical (unpaired) electrons. The van der Waals surface area contributed by atoms with E-state index in [4.69, 9.17) is 9.15 Å². The molecule has 162 valence electrons. The Bertz CT molecular complexity index is 769. The first-order valence-corrected chi connectivity index (χ1v) is 9.98. The molecule has 0 saturated carbocycles. The maximum Gasteiger partial charge on any atom is 0.573 e. The lowest BCUT2D eigenvalue weighted by Gasteiger charge is -2.08. The molecule has 9 heteroatoms. The minimum absolute atomic E-state index is 0.162. The van der Waals surface area contributed by atoms with Crippen LogP contribution in [0.5, 0.6) is 11.8 Å². The maximum absolute atomic E-state index is 12.2. The predicted octanol–water partition coefficient (Wildman–Crippen LogP) is 5.63. The predicted molar refractivity (Wildman–Crippen MR) is 102 cm³/mol. The number of aromatic nitrogens is 2. The highest BCUT2D eigenvalue weighted by Crippen LogP contribution is 2.23. The Kier molecular flexibility index (Phi) is 9.08. The molecule has 0 saturated heterocycles. The highest BCUT2D eigenvalue weighted by atomic mass is 19.4. The first-order valence-electron chi connectivity index (χ1n) is 9.98. The maximum atomic E-state index is 12.2. The van der Waals surface area contributed by atoms with Crippen molar-refractivity contribution in [1.82, 2.24) is 9.78 Å². The third-order valence-electron chi connectivity index (χ3n) is 4.32. The van der Waals surface area contributed by atoms with E-state index in [2.05, 4.69) is 16.8 Å². The zero-order valence-corrected chi connectivity index (χ0v) is 16.5. The van der Waals surface area contributed by atoms with E-state index in [-0.39, 0.29) is 17.5 Å². The van der Waals surface area contributed by atoms with Crippen molar-refractivity contribution in [2.24, 2.45) is 0 Å². The second-order valence-corrected chi connectivity index (χ2v) is 6.76. The second kappa shape index (κ2) is 11.5. The summed E-state index contributed by atoms with van der Waals surface area (Å²) in [5.41, 5.74) is 0.242. The fourth-order valence-electron chi connectivity index (χ4n) is 2.84. The van der Waals surface area contributed by atoms with Gasteiger partial charge in [0.25, 0.3) is 0 Å². The van der Waals surface area contributed by atoms with Crippen LogP contribution in [0.15, 0.2) is 33.5 Å². The SMILES string of the molecule is CCCCCCCCCCCOc1nn(-c2ccc(OC(F)(F)F)cc2)c(=O)o1. The lowest BCUT2D eigenvalue weighted by Crippen LogP contribution is -2.17. The van der Waals surface area contributed by atoms with E-state index in [1.54, 1.807) is 0 Å². The minimum atomic E-state index is -4.78. The van der Waals surface area contributed by atoms with E-state index in [0.717, 1.165) is 36.1 Å². The molecule has 0 spiro atoms. The molecule has 0 aliphatic carbocycles. The molecule has 2 rings (SSSR count). The molecule has 29 heavy (non-hydrogen) atoms. The fourth-order valence-corrected chi connectivity index (χ4v) is 2.84. The Hall–Kier alpha value is -2.45. The van der Waals surface area contributed by atoms with Crippen molar-refractivity contribution >= 4 is 0 Å². The molecule has 0 atom stereocenters. The van der Waals surface area contributed by atoms with Crippen LogP contribution in [0.2, 0.25) is 0 Å². The van der Waals surface area contributed by atoms with Crippen LogP contribution in [-0.2, 0) is 0 Å². The lowest BCUT2D eigenvalue weighted by molar-refractivity contribution is -0.274. The zero-order valence-electron chi connectivity index (χ0n) is 16.5. The van der Waals surface area contributed by atoms with Crippen molar-refractivity contribution in [2.75, 3.05) is 6.61 Å². The van der Waals surface area contributed by atoms with E-state index in [9.17, 15) is 18.0 Å². The summed E-state index contributed by atoms with van der Waals surface area (Å²) in [4.78, 5) is 11.9. The molecule has 2 aromatic rings. The van der Waals surface area contributed by atoms with Gasteiger partial charge in [-0.15, -0.1) is 13.2 Å². The molecule has 0 N–H and O–H groups in total. The van der Waals surface area contributed by atoms with Crippen molar-refractivity contribution in [3.8, 4) is 17.5 Å². The van der Waals surface area contributed by atoms with Gasteiger partial charge >= 0.3 is 18.2 Å². The van der Waals surface area contributed by atoms with Gasteiger partial charge in [0, 0.05) is 0 Å². The molecule has 1 aromatic carbocycles. The summed E-state index contributed by atoms with van der Waals surface area (Å²) in [7, 11) is 0. The van der Waals surface area contributed by atoms with Gasteiger partial charge in [0.1, 0.15) is 5.75 Å². The normalized spacial score (nSPS) is 11.6. The third-order valence-corrected chi connectivity index (χ3v) is 4.32. The summed E-state index contributed by atoms with van der Waals surface area (Å²) in [6.45, 7) is 2.59. The number of hydrogen-bond acceptors (Lipinski definition) is 5. The quantitative estimate of drug-likeness (QED) is 0.396. The summed E-state index contributed by atoms with van der Waals surface area (Å²) in [5, 5.41) is 3.91. The molecular formula is C20H27F3N2O4. The van der Waals surface area contributed by atoms with Crippen LogP contribution in [-0.4, -0.2) is 22.7 Å². The van der Waals surface area contributed by atoms with Crippen molar-refractivity contribution in [2.45, 2.75) is 71.1 Å². The van der Waals surface area contributed by atoms with Gasteiger partial charge in [-0.2, -0.15) is 4.68 Å². The Morgan fingerprint density at radius 3 is 2.14 bits per heavy atom. The Balaban J connectivity index is 1.73. The van der Waals surface area contributed by atoms with Gasteiger partial charge in [-0.3, -0.25) is 0 Å². The van der Waals surface area contributed by atoms with E-state index < -0.39 is 12.1 Å². The summed E-state index contributed by atoms with van der Waals surface area (Å²) in [5.74, 6) is -1.17. The van der Waals surface area contributed by atoms with Gasteiger partial charge < -0.3 is 13.9 Å². The van der Waals surface area contributed by atoms with E-state index in [0.29, 0.717) is 6.61 Å². The average molecular weight is 416 g/mol. The number of hydrogen-bond donors (Lipinski definition) is 0. The molecular weight excluding hydrogens is 389 g/mol. The summed E-state index contributed by atoms with van der Waals surface area (Å²) in [6.07, 6.45) is 5.67.